The molecule has 3 rings (SSSR count). The van der Waals surface area contributed by atoms with Crippen LogP contribution in [0.1, 0.15) is 12.5 Å². The van der Waals surface area contributed by atoms with Crippen molar-refractivity contribution in [2.24, 2.45) is 0 Å². The van der Waals surface area contributed by atoms with Crippen LogP contribution < -0.4 is 15.5 Å². The molecule has 0 fully saturated rings. The fraction of sp³-hybridized carbons (Fsp3) is 0.133. The Kier molecular flexibility index (Phi) is 5.54. The molecule has 8 heteroatoms. The molecule has 1 aliphatic heterocycles. The van der Waals surface area contributed by atoms with Crippen LogP contribution in [0.3, 0.4) is 0 Å². The van der Waals surface area contributed by atoms with Crippen LogP contribution in [0.4, 0.5) is 5.69 Å². The quantitative estimate of drug-likeness (QED) is 0.832. The third kappa shape index (κ3) is 3.97. The second kappa shape index (κ2) is 7.23. The van der Waals surface area contributed by atoms with E-state index >= 15 is 0 Å². The van der Waals surface area contributed by atoms with Crippen LogP contribution in [-0.2, 0) is 16.1 Å². The first-order valence-corrected chi connectivity index (χ1v) is 7.08. The molecule has 0 aliphatic carbocycles. The predicted molar refractivity (Wildman–Crippen MR) is 91.9 cm³/mol. The molecule has 5 nitrogen and oxygen atoms in total. The van der Waals surface area contributed by atoms with Crippen molar-refractivity contribution < 1.29 is 19.2 Å². The first-order valence-electron chi connectivity index (χ1n) is 6.70. The van der Waals surface area contributed by atoms with Crippen molar-refractivity contribution in [1.29, 1.82) is 0 Å². The van der Waals surface area contributed by atoms with Gasteiger partial charge in [-0.1, -0.05) is 17.7 Å². The number of carbonyl (C=O) groups excluding carboxylic acids is 1. The summed E-state index contributed by atoms with van der Waals surface area (Å²) in [5, 5.41) is 12.7. The minimum Gasteiger partial charge on any atom is -0.456 e. The van der Waals surface area contributed by atoms with E-state index in [1.165, 1.54) is 6.92 Å². The topological polar surface area (TPSA) is 67.8 Å². The van der Waals surface area contributed by atoms with Gasteiger partial charge in [-0.15, -0.1) is 12.4 Å². The second-order valence-corrected chi connectivity index (χ2v) is 5.36. The number of benzene rings is 2. The van der Waals surface area contributed by atoms with E-state index in [2.05, 4.69) is 5.32 Å². The van der Waals surface area contributed by atoms with E-state index in [9.17, 15) is 9.82 Å². The molecule has 2 aromatic rings. The molecule has 0 atom stereocenters. The molecular formula is C15H14BCl2NO4. The number of anilines is 1. The molecule has 0 unspecified atom stereocenters. The maximum atomic E-state index is 11.0. The highest BCUT2D eigenvalue weighted by atomic mass is 35.5. The molecule has 0 radical (unpaired) electrons. The number of carbonyl (C=O) groups is 1. The Hall–Kier alpha value is -1.73. The number of ether oxygens (including phenoxy) is 1. The zero-order valence-corrected chi connectivity index (χ0v) is 13.8. The summed E-state index contributed by atoms with van der Waals surface area (Å²) in [6.07, 6.45) is 0. The molecule has 0 aromatic heterocycles. The molecular weight excluding hydrogens is 340 g/mol. The average Bonchev–Trinajstić information content (AvgIpc) is 2.83. The van der Waals surface area contributed by atoms with Crippen molar-refractivity contribution in [2.45, 2.75) is 13.5 Å². The highest BCUT2D eigenvalue weighted by Gasteiger charge is 2.27. The lowest BCUT2D eigenvalue weighted by atomic mass is 9.79. The highest BCUT2D eigenvalue weighted by molar-refractivity contribution is 6.61. The van der Waals surface area contributed by atoms with Crippen LogP contribution >= 0.6 is 24.0 Å². The molecule has 1 heterocycles. The van der Waals surface area contributed by atoms with E-state index in [-0.39, 0.29) is 18.3 Å². The van der Waals surface area contributed by atoms with Crippen molar-refractivity contribution in [2.75, 3.05) is 5.32 Å². The van der Waals surface area contributed by atoms with E-state index in [1.807, 2.05) is 6.07 Å². The third-order valence-electron chi connectivity index (χ3n) is 3.26. The number of hydrogen-bond acceptors (Lipinski definition) is 4. The molecule has 2 aromatic carbocycles. The Balaban J connectivity index is 0.00000192. The Morgan fingerprint density at radius 2 is 2.13 bits per heavy atom. The summed E-state index contributed by atoms with van der Waals surface area (Å²) in [5.74, 6) is 0.846. The van der Waals surface area contributed by atoms with Crippen molar-refractivity contribution in [3.8, 4) is 11.5 Å². The van der Waals surface area contributed by atoms with Crippen molar-refractivity contribution >= 4 is 48.2 Å². The van der Waals surface area contributed by atoms with Crippen molar-refractivity contribution in [3.63, 3.8) is 0 Å². The summed E-state index contributed by atoms with van der Waals surface area (Å²) in [4.78, 5) is 11.0. The van der Waals surface area contributed by atoms with Gasteiger partial charge in [-0.05, 0) is 41.4 Å². The number of fused-ring (bicyclic) bond motifs is 1. The van der Waals surface area contributed by atoms with E-state index in [0.29, 0.717) is 34.3 Å². The summed E-state index contributed by atoms with van der Waals surface area (Å²) >= 11 is 6.16. The molecule has 0 saturated carbocycles. The van der Waals surface area contributed by atoms with Gasteiger partial charge in [-0.3, -0.25) is 4.79 Å². The van der Waals surface area contributed by atoms with Gasteiger partial charge >= 0.3 is 7.12 Å². The van der Waals surface area contributed by atoms with Gasteiger partial charge in [-0.2, -0.15) is 0 Å². The monoisotopic (exact) mass is 353 g/mol. The van der Waals surface area contributed by atoms with E-state index in [0.717, 1.165) is 5.56 Å². The van der Waals surface area contributed by atoms with Crippen molar-refractivity contribution in [1.82, 2.24) is 0 Å². The Morgan fingerprint density at radius 1 is 1.35 bits per heavy atom. The van der Waals surface area contributed by atoms with Crippen LogP contribution in [0.2, 0.25) is 5.02 Å². The largest absolute Gasteiger partial charge is 0.491 e. The highest BCUT2D eigenvalue weighted by Crippen LogP contribution is 2.32. The average molecular weight is 354 g/mol. The van der Waals surface area contributed by atoms with Gasteiger partial charge in [0, 0.05) is 12.6 Å². The van der Waals surface area contributed by atoms with Crippen LogP contribution in [-0.4, -0.2) is 18.0 Å². The molecule has 0 spiro atoms. The van der Waals surface area contributed by atoms with Gasteiger partial charge < -0.3 is 19.7 Å². The summed E-state index contributed by atoms with van der Waals surface area (Å²) in [7, 11) is -0.920. The minimum atomic E-state index is -0.920. The molecule has 2 N–H and O–H groups in total. The maximum absolute atomic E-state index is 11.0. The van der Waals surface area contributed by atoms with E-state index in [4.69, 9.17) is 21.0 Å². The minimum absolute atomic E-state index is 0. The van der Waals surface area contributed by atoms with Crippen LogP contribution in [0.5, 0.6) is 11.5 Å². The van der Waals surface area contributed by atoms with Gasteiger partial charge in [0.2, 0.25) is 5.91 Å². The number of halogens is 2. The Bertz CT molecular complexity index is 741. The zero-order chi connectivity index (χ0) is 15.7. The van der Waals surface area contributed by atoms with Gasteiger partial charge in [0.1, 0.15) is 11.5 Å². The Labute approximate surface area is 145 Å². The van der Waals surface area contributed by atoms with Crippen LogP contribution in [0, 0.1) is 0 Å². The summed E-state index contributed by atoms with van der Waals surface area (Å²) in [5.41, 5.74) is 2.23. The molecule has 0 saturated heterocycles. The van der Waals surface area contributed by atoms with E-state index in [1.54, 1.807) is 30.3 Å². The van der Waals surface area contributed by atoms with Crippen LogP contribution in [0.15, 0.2) is 36.4 Å². The molecule has 1 aliphatic rings. The zero-order valence-electron chi connectivity index (χ0n) is 12.2. The normalized spacial score (nSPS) is 12.4. The number of amides is 1. The molecule has 1 amide bonds. The molecule has 120 valence electrons. The second-order valence-electron chi connectivity index (χ2n) is 4.95. The molecule has 23 heavy (non-hydrogen) atoms. The Morgan fingerprint density at radius 3 is 2.83 bits per heavy atom. The lowest BCUT2D eigenvalue weighted by molar-refractivity contribution is -0.114. The van der Waals surface area contributed by atoms with Gasteiger partial charge in [-0.25, -0.2) is 0 Å². The smallest absolute Gasteiger partial charge is 0.456 e. The van der Waals surface area contributed by atoms with Gasteiger partial charge in [0.15, 0.2) is 0 Å². The summed E-state index contributed by atoms with van der Waals surface area (Å²) < 4.78 is 10.9. The van der Waals surface area contributed by atoms with Crippen molar-refractivity contribution in [3.05, 3.63) is 47.0 Å². The standard InChI is InChI=1S/C15H13BClNO4.ClH/c1-9(19)18-11-3-5-15(14(17)6-11)22-12-4-2-10-8-21-16(20)13(10)7-12;/h2-7,20H,8H2,1H3,(H,18,19);1H. The maximum Gasteiger partial charge on any atom is 0.491 e. The number of rotatable bonds is 3. The summed E-state index contributed by atoms with van der Waals surface area (Å²) in [6.45, 7) is 1.82. The number of nitrogens with one attached hydrogen (secondary N) is 1. The first kappa shape index (κ1) is 17.6. The predicted octanol–water partition coefficient (Wildman–Crippen LogP) is 2.73. The summed E-state index contributed by atoms with van der Waals surface area (Å²) in [6, 6.07) is 10.4. The van der Waals surface area contributed by atoms with Gasteiger partial charge in [0.05, 0.1) is 11.6 Å². The lowest BCUT2D eigenvalue weighted by Gasteiger charge is -2.10. The SMILES string of the molecule is CC(=O)Nc1ccc(Oc2ccc3c(c2)B(O)OC3)c(Cl)c1.Cl. The fourth-order valence-electron chi connectivity index (χ4n) is 2.25. The van der Waals surface area contributed by atoms with Crippen LogP contribution in [0.25, 0.3) is 0 Å². The molecule has 0 bridgehead atoms. The fourth-order valence-corrected chi connectivity index (χ4v) is 2.47. The first-order chi connectivity index (χ1) is 10.5. The third-order valence-corrected chi connectivity index (χ3v) is 3.56. The van der Waals surface area contributed by atoms with E-state index < -0.39 is 7.12 Å². The number of hydrogen-bond donors (Lipinski definition) is 2. The van der Waals surface area contributed by atoms with Gasteiger partial charge in [0.25, 0.3) is 0 Å². The lowest BCUT2D eigenvalue weighted by Crippen LogP contribution is -2.27.